The van der Waals surface area contributed by atoms with Crippen LogP contribution < -0.4 is 5.73 Å². The molecule has 0 spiro atoms. The first-order chi connectivity index (χ1) is 10.3. The first-order valence-corrected chi connectivity index (χ1v) is 8.90. The van der Waals surface area contributed by atoms with Crippen molar-refractivity contribution in [3.05, 3.63) is 35.4 Å². The lowest BCUT2D eigenvalue weighted by Crippen LogP contribution is -2.55. The average Bonchev–Trinajstić information content (AvgIpc) is 2.99. The van der Waals surface area contributed by atoms with E-state index >= 15 is 0 Å². The van der Waals surface area contributed by atoms with Crippen LogP contribution in [0.2, 0.25) is 0 Å². The molecule has 2 aliphatic carbocycles. The topological polar surface area (TPSA) is 29.3 Å². The van der Waals surface area contributed by atoms with Gasteiger partial charge in [0, 0.05) is 12.6 Å². The normalized spacial score (nSPS) is 36.2. The lowest BCUT2D eigenvalue weighted by atomic mass is 9.74. The Kier molecular flexibility index (Phi) is 3.55. The predicted molar refractivity (Wildman–Crippen MR) is 87.2 cm³/mol. The summed E-state index contributed by atoms with van der Waals surface area (Å²) < 4.78 is 0. The Labute approximate surface area is 128 Å². The third-order valence-electron chi connectivity index (χ3n) is 6.45. The van der Waals surface area contributed by atoms with Crippen molar-refractivity contribution in [2.75, 3.05) is 13.1 Å². The molecule has 2 heteroatoms. The maximum atomic E-state index is 6.41. The summed E-state index contributed by atoms with van der Waals surface area (Å²) in [7, 11) is 0. The number of nitrogens with two attached hydrogens (primary N) is 1. The fraction of sp³-hybridized carbons (Fsp3) is 0.684. The van der Waals surface area contributed by atoms with Crippen LogP contribution in [0.15, 0.2) is 24.3 Å². The fourth-order valence-corrected chi connectivity index (χ4v) is 5.46. The molecule has 0 bridgehead atoms. The summed E-state index contributed by atoms with van der Waals surface area (Å²) in [6.07, 6.45) is 10.9. The third kappa shape index (κ3) is 2.07. The fourth-order valence-electron chi connectivity index (χ4n) is 5.46. The number of rotatable bonds is 2. The van der Waals surface area contributed by atoms with E-state index in [0.717, 1.165) is 18.5 Å². The highest BCUT2D eigenvalue weighted by Gasteiger charge is 2.48. The molecule has 1 saturated heterocycles. The molecule has 21 heavy (non-hydrogen) atoms. The first kappa shape index (κ1) is 13.8. The summed E-state index contributed by atoms with van der Waals surface area (Å²) in [5.41, 5.74) is 9.64. The highest BCUT2D eigenvalue weighted by atomic mass is 15.3. The van der Waals surface area contributed by atoms with Crippen LogP contribution in [0.4, 0.5) is 0 Å². The Bertz CT molecular complexity index is 512. The predicted octanol–water partition coefficient (Wildman–Crippen LogP) is 3.44. The molecular weight excluding hydrogens is 256 g/mol. The van der Waals surface area contributed by atoms with Crippen molar-refractivity contribution >= 4 is 0 Å². The minimum absolute atomic E-state index is 0.131. The number of nitrogens with zero attached hydrogens (tertiary/aromatic N) is 1. The molecule has 0 amide bonds. The van der Waals surface area contributed by atoms with Crippen molar-refractivity contribution in [3.8, 4) is 0 Å². The van der Waals surface area contributed by atoms with Gasteiger partial charge in [-0.05, 0) is 62.1 Å². The van der Waals surface area contributed by atoms with Crippen molar-refractivity contribution in [2.24, 2.45) is 11.7 Å². The zero-order valence-corrected chi connectivity index (χ0v) is 13.1. The number of benzene rings is 1. The van der Waals surface area contributed by atoms with E-state index in [4.69, 9.17) is 5.73 Å². The molecule has 1 saturated carbocycles. The van der Waals surface area contributed by atoms with E-state index in [0.29, 0.717) is 0 Å². The van der Waals surface area contributed by atoms with Crippen LogP contribution in [0.1, 0.15) is 56.1 Å². The summed E-state index contributed by atoms with van der Waals surface area (Å²) in [4.78, 5) is 2.84. The minimum Gasteiger partial charge on any atom is -0.328 e. The molecule has 3 atom stereocenters. The van der Waals surface area contributed by atoms with Crippen LogP contribution in [-0.2, 0) is 12.0 Å². The molecule has 114 valence electrons. The van der Waals surface area contributed by atoms with E-state index in [-0.39, 0.29) is 5.54 Å². The van der Waals surface area contributed by atoms with Gasteiger partial charge < -0.3 is 5.73 Å². The smallest absolute Gasteiger partial charge is 0.0589 e. The number of fused-ring (bicyclic) bond motifs is 2. The van der Waals surface area contributed by atoms with Gasteiger partial charge in [0.25, 0.3) is 0 Å². The lowest BCUT2D eigenvalue weighted by Gasteiger charge is -2.49. The van der Waals surface area contributed by atoms with Gasteiger partial charge in [-0.15, -0.1) is 0 Å². The summed E-state index contributed by atoms with van der Waals surface area (Å²) in [6, 6.07) is 9.89. The van der Waals surface area contributed by atoms with Gasteiger partial charge in [-0.3, -0.25) is 4.90 Å². The van der Waals surface area contributed by atoms with Crippen molar-refractivity contribution in [1.82, 2.24) is 4.90 Å². The van der Waals surface area contributed by atoms with Crippen LogP contribution >= 0.6 is 0 Å². The van der Waals surface area contributed by atoms with Gasteiger partial charge in [0.05, 0.1) is 5.54 Å². The van der Waals surface area contributed by atoms with E-state index in [9.17, 15) is 0 Å². The Morgan fingerprint density at radius 3 is 2.86 bits per heavy atom. The van der Waals surface area contributed by atoms with E-state index in [1.807, 2.05) is 0 Å². The Hall–Kier alpha value is -0.860. The van der Waals surface area contributed by atoms with E-state index < -0.39 is 0 Å². The molecule has 3 aliphatic rings. The van der Waals surface area contributed by atoms with Crippen LogP contribution in [0.3, 0.4) is 0 Å². The Balaban J connectivity index is 1.74. The van der Waals surface area contributed by atoms with E-state index in [2.05, 4.69) is 29.2 Å². The molecule has 1 aromatic carbocycles. The number of aryl methyl sites for hydroxylation is 1. The zero-order chi connectivity index (χ0) is 14.3. The molecule has 0 radical (unpaired) electrons. The maximum Gasteiger partial charge on any atom is 0.0589 e. The standard InChI is InChI=1S/C19H28N2/c20-14-19(12-5-8-15-6-1-3-9-17(15)19)21-13-11-16-7-2-4-10-18(16)21/h1,3,6,9,16,18H,2,4-5,7-8,10-14,20H2. The van der Waals surface area contributed by atoms with Crippen molar-refractivity contribution in [2.45, 2.75) is 62.9 Å². The highest BCUT2D eigenvalue weighted by molar-refractivity contribution is 5.37. The van der Waals surface area contributed by atoms with Crippen LogP contribution in [0.5, 0.6) is 0 Å². The number of hydrogen-bond acceptors (Lipinski definition) is 2. The second kappa shape index (κ2) is 5.40. The van der Waals surface area contributed by atoms with Crippen LogP contribution in [0.25, 0.3) is 0 Å². The molecule has 1 aliphatic heterocycles. The molecule has 2 N–H and O–H groups in total. The molecule has 2 fully saturated rings. The Morgan fingerprint density at radius 1 is 1.10 bits per heavy atom. The van der Waals surface area contributed by atoms with Crippen molar-refractivity contribution in [1.29, 1.82) is 0 Å². The molecular formula is C19H28N2. The SMILES string of the molecule is NCC1(N2CCC3CCCCC32)CCCc2ccccc21. The van der Waals surface area contributed by atoms with Gasteiger partial charge in [0.15, 0.2) is 0 Å². The van der Waals surface area contributed by atoms with E-state index in [1.165, 1.54) is 57.9 Å². The Morgan fingerprint density at radius 2 is 1.95 bits per heavy atom. The molecule has 0 aromatic heterocycles. The molecule has 1 aromatic rings. The van der Waals surface area contributed by atoms with Gasteiger partial charge in [0.1, 0.15) is 0 Å². The molecule has 3 unspecified atom stereocenters. The van der Waals surface area contributed by atoms with Gasteiger partial charge >= 0.3 is 0 Å². The van der Waals surface area contributed by atoms with E-state index in [1.54, 1.807) is 11.1 Å². The second-order valence-electron chi connectivity index (χ2n) is 7.34. The minimum atomic E-state index is 0.131. The number of likely N-dealkylation sites (tertiary alicyclic amines) is 1. The van der Waals surface area contributed by atoms with Crippen molar-refractivity contribution in [3.63, 3.8) is 0 Å². The second-order valence-corrected chi connectivity index (χ2v) is 7.34. The molecule has 4 rings (SSSR count). The first-order valence-electron chi connectivity index (χ1n) is 8.90. The van der Waals surface area contributed by atoms with Crippen LogP contribution in [0, 0.1) is 5.92 Å². The number of hydrogen-bond donors (Lipinski definition) is 1. The van der Waals surface area contributed by atoms with Gasteiger partial charge in [-0.2, -0.15) is 0 Å². The highest BCUT2D eigenvalue weighted by Crippen LogP contribution is 2.47. The quantitative estimate of drug-likeness (QED) is 0.901. The summed E-state index contributed by atoms with van der Waals surface area (Å²) in [5, 5.41) is 0. The average molecular weight is 284 g/mol. The molecule has 1 heterocycles. The third-order valence-corrected chi connectivity index (χ3v) is 6.45. The molecule has 2 nitrogen and oxygen atoms in total. The summed E-state index contributed by atoms with van der Waals surface area (Å²) in [5.74, 6) is 0.941. The largest absolute Gasteiger partial charge is 0.328 e. The van der Waals surface area contributed by atoms with Crippen LogP contribution in [-0.4, -0.2) is 24.0 Å². The van der Waals surface area contributed by atoms with Gasteiger partial charge in [0.2, 0.25) is 0 Å². The van der Waals surface area contributed by atoms with Gasteiger partial charge in [-0.25, -0.2) is 0 Å². The summed E-state index contributed by atoms with van der Waals surface area (Å²) >= 11 is 0. The zero-order valence-electron chi connectivity index (χ0n) is 13.1. The lowest BCUT2D eigenvalue weighted by molar-refractivity contribution is 0.0383. The van der Waals surface area contributed by atoms with Crippen molar-refractivity contribution < 1.29 is 0 Å². The monoisotopic (exact) mass is 284 g/mol. The maximum absolute atomic E-state index is 6.41. The van der Waals surface area contributed by atoms with Gasteiger partial charge in [-0.1, -0.05) is 37.1 Å². The summed E-state index contributed by atoms with van der Waals surface area (Å²) in [6.45, 7) is 2.05.